The van der Waals surface area contributed by atoms with E-state index >= 15 is 0 Å². The molecule has 3 heteroatoms. The number of hydrogen-bond donors (Lipinski definition) is 1. The Kier molecular flexibility index (Phi) is 4.88. The molecule has 1 fully saturated rings. The number of thiol groups is 1. The molecule has 1 rings (SSSR count). The molecule has 1 heterocycles. The van der Waals surface area contributed by atoms with Crippen molar-refractivity contribution in [2.75, 3.05) is 31.1 Å². The highest BCUT2D eigenvalue weighted by molar-refractivity contribution is 8.00. The van der Waals surface area contributed by atoms with E-state index in [2.05, 4.69) is 49.7 Å². The van der Waals surface area contributed by atoms with E-state index in [0.29, 0.717) is 4.75 Å². The van der Waals surface area contributed by atoms with E-state index in [-0.39, 0.29) is 0 Å². The normalized spacial score (nSPS) is 23.1. The van der Waals surface area contributed by atoms with E-state index < -0.39 is 0 Å². The second-order valence-corrected chi connectivity index (χ2v) is 6.66. The minimum atomic E-state index is 0.455. The van der Waals surface area contributed by atoms with Gasteiger partial charge in [0, 0.05) is 29.3 Å². The molecule has 1 aliphatic heterocycles. The van der Waals surface area contributed by atoms with Crippen LogP contribution >= 0.6 is 24.4 Å². The molecular weight excluding hydrogens is 210 g/mol. The number of hydrogen-bond acceptors (Lipinski definition) is 3. The van der Waals surface area contributed by atoms with Crippen LogP contribution in [0.15, 0.2) is 12.2 Å². The lowest BCUT2D eigenvalue weighted by atomic mass is 10.1. The van der Waals surface area contributed by atoms with Crippen LogP contribution in [0, 0.1) is 0 Å². The van der Waals surface area contributed by atoms with Gasteiger partial charge in [-0.25, -0.2) is 0 Å². The molecule has 0 radical (unpaired) electrons. The van der Waals surface area contributed by atoms with Gasteiger partial charge in [0.15, 0.2) is 0 Å². The van der Waals surface area contributed by atoms with Gasteiger partial charge in [-0.15, -0.1) is 0 Å². The third-order valence-electron chi connectivity index (χ3n) is 2.60. The minimum absolute atomic E-state index is 0.455. The van der Waals surface area contributed by atoms with Crippen LogP contribution in [0.5, 0.6) is 0 Å². The molecule has 0 spiro atoms. The fourth-order valence-electron chi connectivity index (χ4n) is 1.59. The Hall–Kier alpha value is 0.400. The summed E-state index contributed by atoms with van der Waals surface area (Å²) in [5.41, 5.74) is 1.23. The van der Waals surface area contributed by atoms with Crippen molar-refractivity contribution in [3.63, 3.8) is 0 Å². The van der Waals surface area contributed by atoms with Gasteiger partial charge in [0.1, 0.15) is 0 Å². The van der Waals surface area contributed by atoms with Gasteiger partial charge in [-0.05, 0) is 13.0 Å². The largest absolute Gasteiger partial charge is 0.299 e. The van der Waals surface area contributed by atoms with Crippen LogP contribution in [0.4, 0.5) is 0 Å². The maximum Gasteiger partial charge on any atom is 0.0198 e. The molecule has 1 aliphatic rings. The van der Waals surface area contributed by atoms with Crippen LogP contribution in [0.2, 0.25) is 0 Å². The molecule has 0 amide bonds. The van der Waals surface area contributed by atoms with Crippen molar-refractivity contribution >= 4 is 24.4 Å². The highest BCUT2D eigenvalue weighted by Crippen LogP contribution is 2.30. The molecule has 0 saturated carbocycles. The molecule has 1 nitrogen and oxygen atoms in total. The first-order valence-corrected chi connectivity index (χ1v) is 6.79. The molecule has 82 valence electrons. The summed E-state index contributed by atoms with van der Waals surface area (Å²) in [6, 6.07) is 0. The summed E-state index contributed by atoms with van der Waals surface area (Å²) in [6.07, 6.45) is 1.28. The molecule has 0 bridgehead atoms. The lowest BCUT2D eigenvalue weighted by Crippen LogP contribution is -2.29. The van der Waals surface area contributed by atoms with Gasteiger partial charge >= 0.3 is 0 Å². The van der Waals surface area contributed by atoms with Gasteiger partial charge in [-0.1, -0.05) is 26.0 Å². The fourth-order valence-corrected chi connectivity index (χ4v) is 2.82. The van der Waals surface area contributed by atoms with Gasteiger partial charge in [0.25, 0.3) is 0 Å². The first kappa shape index (κ1) is 12.5. The predicted octanol–water partition coefficient (Wildman–Crippen LogP) is 2.69. The maximum atomic E-state index is 4.24. The van der Waals surface area contributed by atoms with Crippen molar-refractivity contribution in [2.24, 2.45) is 0 Å². The zero-order valence-electron chi connectivity index (χ0n) is 9.25. The van der Waals surface area contributed by atoms with Crippen LogP contribution in [0.25, 0.3) is 0 Å². The van der Waals surface area contributed by atoms with Gasteiger partial charge in [-0.2, -0.15) is 24.4 Å². The monoisotopic (exact) mass is 231 g/mol. The molecular formula is C11H21NS2. The molecule has 0 aliphatic carbocycles. The van der Waals surface area contributed by atoms with Gasteiger partial charge in [-0.3, -0.25) is 4.90 Å². The zero-order chi connectivity index (χ0) is 10.6. The molecule has 0 aromatic carbocycles. The van der Waals surface area contributed by atoms with Crippen LogP contribution in [0.1, 0.15) is 20.3 Å². The molecule has 0 aromatic heterocycles. The van der Waals surface area contributed by atoms with E-state index in [1.807, 2.05) is 0 Å². The Balaban J connectivity index is 2.38. The van der Waals surface area contributed by atoms with Crippen LogP contribution in [-0.2, 0) is 0 Å². The van der Waals surface area contributed by atoms with Crippen LogP contribution < -0.4 is 0 Å². The second kappa shape index (κ2) is 5.47. The number of thioether (sulfide) groups is 1. The molecule has 14 heavy (non-hydrogen) atoms. The number of rotatable bonds is 3. The Morgan fingerprint density at radius 1 is 1.50 bits per heavy atom. The second-order valence-electron chi connectivity index (χ2n) is 4.54. The minimum Gasteiger partial charge on any atom is -0.299 e. The summed E-state index contributed by atoms with van der Waals surface area (Å²) in [4.78, 5) is 2.50. The lowest BCUT2D eigenvalue weighted by molar-refractivity contribution is 0.308. The van der Waals surface area contributed by atoms with Crippen molar-refractivity contribution in [3.05, 3.63) is 12.2 Å². The summed E-state index contributed by atoms with van der Waals surface area (Å²) >= 11 is 6.33. The average Bonchev–Trinajstić information content (AvgIpc) is 2.28. The fraction of sp³-hybridized carbons (Fsp3) is 0.818. The summed E-state index contributed by atoms with van der Waals surface area (Å²) in [6.45, 7) is 12.1. The Morgan fingerprint density at radius 3 is 2.86 bits per heavy atom. The topological polar surface area (TPSA) is 3.24 Å². The van der Waals surface area contributed by atoms with Gasteiger partial charge in [0.05, 0.1) is 0 Å². The summed E-state index contributed by atoms with van der Waals surface area (Å²) < 4.78 is 0.455. The van der Waals surface area contributed by atoms with E-state index in [0.717, 1.165) is 12.3 Å². The first-order chi connectivity index (χ1) is 6.53. The number of nitrogens with zero attached hydrogens (tertiary/aromatic N) is 1. The molecule has 0 atom stereocenters. The predicted molar refractivity (Wildman–Crippen MR) is 70.6 cm³/mol. The molecule has 0 N–H and O–H groups in total. The molecule has 0 aromatic rings. The van der Waals surface area contributed by atoms with E-state index in [1.165, 1.54) is 30.8 Å². The quantitative estimate of drug-likeness (QED) is 0.588. The zero-order valence-corrected chi connectivity index (χ0v) is 11.0. The van der Waals surface area contributed by atoms with Crippen molar-refractivity contribution in [2.45, 2.75) is 25.0 Å². The van der Waals surface area contributed by atoms with E-state index in [4.69, 9.17) is 0 Å². The lowest BCUT2D eigenvalue weighted by Gasteiger charge is -2.22. The Morgan fingerprint density at radius 2 is 2.21 bits per heavy atom. The smallest absolute Gasteiger partial charge is 0.0198 e. The van der Waals surface area contributed by atoms with Gasteiger partial charge in [0.2, 0.25) is 0 Å². The van der Waals surface area contributed by atoms with E-state index in [1.54, 1.807) is 0 Å². The summed E-state index contributed by atoms with van der Waals surface area (Å²) in [7, 11) is 0. The Labute approximate surface area is 97.7 Å². The molecule has 0 unspecified atom stereocenters. The van der Waals surface area contributed by atoms with Crippen molar-refractivity contribution in [3.8, 4) is 0 Å². The molecule has 1 saturated heterocycles. The SMILES string of the molecule is C=C(CS)CN1CCSC(C)(C)CC1. The Bertz CT molecular complexity index is 201. The third-order valence-corrected chi connectivity index (χ3v) is 4.42. The third kappa shape index (κ3) is 4.28. The van der Waals surface area contributed by atoms with Crippen LogP contribution in [-0.4, -0.2) is 40.8 Å². The highest BCUT2D eigenvalue weighted by atomic mass is 32.2. The van der Waals surface area contributed by atoms with Crippen molar-refractivity contribution < 1.29 is 0 Å². The standard InChI is InChI=1S/C11H21NS2/c1-10(9-13)8-12-5-4-11(2,3)14-7-6-12/h13H,1,4-9H2,2-3H3. The van der Waals surface area contributed by atoms with Crippen molar-refractivity contribution in [1.82, 2.24) is 4.90 Å². The maximum absolute atomic E-state index is 4.24. The van der Waals surface area contributed by atoms with Crippen molar-refractivity contribution in [1.29, 1.82) is 0 Å². The average molecular weight is 231 g/mol. The summed E-state index contributed by atoms with van der Waals surface area (Å²) in [5, 5.41) is 0. The first-order valence-electron chi connectivity index (χ1n) is 5.17. The highest BCUT2D eigenvalue weighted by Gasteiger charge is 2.23. The van der Waals surface area contributed by atoms with Gasteiger partial charge < -0.3 is 0 Å². The summed E-state index contributed by atoms with van der Waals surface area (Å²) in [5.74, 6) is 2.06. The van der Waals surface area contributed by atoms with E-state index in [9.17, 15) is 0 Å². The van der Waals surface area contributed by atoms with Crippen LogP contribution in [0.3, 0.4) is 0 Å².